The molecule has 0 bridgehead atoms. The van der Waals surface area contributed by atoms with E-state index in [1.165, 1.54) is 4.90 Å². The van der Waals surface area contributed by atoms with Crippen molar-refractivity contribution in [2.24, 2.45) is 0 Å². The molecule has 1 atom stereocenters. The molecule has 1 fully saturated rings. The molecule has 0 unspecified atom stereocenters. The van der Waals surface area contributed by atoms with Crippen LogP contribution in [0.5, 0.6) is 11.6 Å². The Hall–Kier alpha value is -5.24. The lowest BCUT2D eigenvalue weighted by Gasteiger charge is -2.31. The van der Waals surface area contributed by atoms with Crippen LogP contribution in [0.2, 0.25) is 0 Å². The van der Waals surface area contributed by atoms with Crippen LogP contribution in [0.1, 0.15) is 24.8 Å². The number of ether oxygens (including phenoxy) is 1. The summed E-state index contributed by atoms with van der Waals surface area (Å²) in [6.45, 7) is 2.81. The fourth-order valence-electron chi connectivity index (χ4n) is 4.74. The zero-order valence-electron chi connectivity index (χ0n) is 21.8. The number of carboxylic acid groups (broad SMARTS) is 1. The monoisotopic (exact) mass is 537 g/mol. The third kappa shape index (κ3) is 5.76. The summed E-state index contributed by atoms with van der Waals surface area (Å²) in [5, 5.41) is 25.8. The van der Waals surface area contributed by atoms with Crippen molar-refractivity contribution in [1.82, 2.24) is 19.9 Å². The minimum absolute atomic E-state index is 0.0918. The van der Waals surface area contributed by atoms with Crippen LogP contribution in [0.25, 0.3) is 22.0 Å². The summed E-state index contributed by atoms with van der Waals surface area (Å²) in [4.78, 5) is 38.4. The van der Waals surface area contributed by atoms with E-state index in [0.29, 0.717) is 47.6 Å². The van der Waals surface area contributed by atoms with Crippen molar-refractivity contribution in [2.45, 2.75) is 32.2 Å². The zero-order chi connectivity index (χ0) is 28.1. The first kappa shape index (κ1) is 26.4. The summed E-state index contributed by atoms with van der Waals surface area (Å²) < 4.78 is 6.42. The number of carbonyl (C=O) groups excluding carboxylic acids is 1. The molecule has 2 amide bonds. The van der Waals surface area contributed by atoms with Crippen LogP contribution >= 0.6 is 0 Å². The van der Waals surface area contributed by atoms with Gasteiger partial charge in [-0.1, -0.05) is 24.3 Å². The summed E-state index contributed by atoms with van der Waals surface area (Å²) in [7, 11) is 0. The summed E-state index contributed by atoms with van der Waals surface area (Å²) in [6.07, 6.45) is 3.68. The number of pyridine rings is 1. The first-order valence-corrected chi connectivity index (χ1v) is 12.8. The predicted molar refractivity (Wildman–Crippen MR) is 149 cm³/mol. The molecule has 1 saturated heterocycles. The van der Waals surface area contributed by atoms with Gasteiger partial charge in [0.25, 0.3) is 0 Å². The van der Waals surface area contributed by atoms with Gasteiger partial charge < -0.3 is 25.4 Å². The maximum absolute atomic E-state index is 12.1. The van der Waals surface area contributed by atoms with Gasteiger partial charge in [0.1, 0.15) is 12.2 Å². The lowest BCUT2D eigenvalue weighted by Crippen LogP contribution is -2.44. The van der Waals surface area contributed by atoms with E-state index >= 15 is 0 Å². The average Bonchev–Trinajstić information content (AvgIpc) is 2.95. The average molecular weight is 538 g/mol. The predicted octanol–water partition coefficient (Wildman–Crippen LogP) is 5.20. The van der Waals surface area contributed by atoms with Crippen LogP contribution in [-0.2, 0) is 4.79 Å². The Bertz CT molecular complexity index is 1620. The number of hydrogen-bond donors (Lipinski definition) is 3. The number of likely N-dealkylation sites (tertiary alicyclic amines) is 1. The molecule has 11 nitrogen and oxygen atoms in total. The third-order valence-electron chi connectivity index (χ3n) is 6.65. The number of amides is 2. The van der Waals surface area contributed by atoms with Crippen molar-refractivity contribution < 1.29 is 19.4 Å². The summed E-state index contributed by atoms with van der Waals surface area (Å²) in [6, 6.07) is 16.5. The van der Waals surface area contributed by atoms with E-state index in [1.807, 2.05) is 43.3 Å². The number of piperidine rings is 1. The SMILES string of the molecule is Cc1ccc2c(NC(=O)CC#N)cccc2c1Oc1ncccc1-c1ccnc(N[C@H]2CCCN(C(=O)O)C2)n1. The molecule has 1 aliphatic heterocycles. The molecule has 4 aromatic rings. The van der Waals surface area contributed by atoms with Crippen LogP contribution in [-0.4, -0.2) is 56.1 Å². The van der Waals surface area contributed by atoms with Crippen molar-refractivity contribution in [3.8, 4) is 29.0 Å². The van der Waals surface area contributed by atoms with Crippen molar-refractivity contribution >= 4 is 34.4 Å². The maximum Gasteiger partial charge on any atom is 0.407 e. The van der Waals surface area contributed by atoms with E-state index < -0.39 is 6.09 Å². The van der Waals surface area contributed by atoms with Gasteiger partial charge in [0.05, 0.1) is 17.3 Å². The van der Waals surface area contributed by atoms with E-state index in [1.54, 1.807) is 30.6 Å². The fourth-order valence-corrected chi connectivity index (χ4v) is 4.74. The van der Waals surface area contributed by atoms with Crippen molar-refractivity contribution in [2.75, 3.05) is 23.7 Å². The molecule has 2 aromatic heterocycles. The number of aromatic nitrogens is 3. The largest absolute Gasteiger partial charge is 0.465 e. The van der Waals surface area contributed by atoms with Gasteiger partial charge in [-0.25, -0.2) is 19.7 Å². The Morgan fingerprint density at radius 2 is 2.00 bits per heavy atom. The van der Waals surface area contributed by atoms with Gasteiger partial charge in [-0.3, -0.25) is 4.79 Å². The van der Waals surface area contributed by atoms with Gasteiger partial charge >= 0.3 is 6.09 Å². The molecule has 5 rings (SSSR count). The summed E-state index contributed by atoms with van der Waals surface area (Å²) in [5.41, 5.74) is 2.70. The standard InChI is InChI=1S/C29H27N7O4/c1-18-9-10-20-21(6-2-8-23(20)34-25(37)11-13-30)26(18)40-27-22(7-3-14-31-27)24-12-15-32-28(35-24)33-19-5-4-16-36(17-19)29(38)39/h2-3,6-10,12,14-15,19H,4-5,11,16-17H2,1H3,(H,34,37)(H,38,39)(H,32,33,35)/t19-/m0/s1. The summed E-state index contributed by atoms with van der Waals surface area (Å²) >= 11 is 0. The van der Waals surface area contributed by atoms with Crippen LogP contribution < -0.4 is 15.4 Å². The highest BCUT2D eigenvalue weighted by Gasteiger charge is 2.24. The minimum atomic E-state index is -0.932. The Morgan fingerprint density at radius 1 is 1.12 bits per heavy atom. The molecule has 11 heteroatoms. The highest BCUT2D eigenvalue weighted by atomic mass is 16.5. The van der Waals surface area contributed by atoms with Gasteiger partial charge in [0.15, 0.2) is 0 Å². The normalized spacial score (nSPS) is 14.8. The van der Waals surface area contributed by atoms with Crippen LogP contribution in [0.4, 0.5) is 16.4 Å². The van der Waals surface area contributed by atoms with Crippen molar-refractivity contribution in [3.63, 3.8) is 0 Å². The molecule has 40 heavy (non-hydrogen) atoms. The lowest BCUT2D eigenvalue weighted by molar-refractivity contribution is -0.115. The molecule has 0 saturated carbocycles. The van der Waals surface area contributed by atoms with Crippen molar-refractivity contribution in [1.29, 1.82) is 5.26 Å². The van der Waals surface area contributed by atoms with Crippen LogP contribution in [0.3, 0.4) is 0 Å². The molecule has 3 heterocycles. The molecule has 202 valence electrons. The number of anilines is 2. The number of rotatable bonds is 7. The molecule has 1 aliphatic rings. The number of fused-ring (bicyclic) bond motifs is 1. The fraction of sp³-hybridized carbons (Fsp3) is 0.241. The Kier molecular flexibility index (Phi) is 7.68. The first-order chi connectivity index (χ1) is 19.4. The number of nitrogens with one attached hydrogen (secondary N) is 2. The molecule has 2 aromatic carbocycles. The minimum Gasteiger partial charge on any atom is -0.465 e. The Balaban J connectivity index is 1.44. The number of benzene rings is 2. The highest BCUT2D eigenvalue weighted by molar-refractivity contribution is 6.04. The number of nitriles is 1. The number of nitrogens with zero attached hydrogens (tertiary/aromatic N) is 5. The molecule has 0 spiro atoms. The molecular formula is C29H27N7O4. The Labute approximate surface area is 230 Å². The lowest BCUT2D eigenvalue weighted by atomic mass is 10.0. The van der Waals surface area contributed by atoms with E-state index in [0.717, 1.165) is 29.2 Å². The maximum atomic E-state index is 12.1. The number of carbonyl (C=O) groups is 2. The van der Waals surface area contributed by atoms with Gasteiger partial charge in [0.2, 0.25) is 17.7 Å². The summed E-state index contributed by atoms with van der Waals surface area (Å²) in [5.74, 6) is 0.930. The second kappa shape index (κ2) is 11.7. The quantitative estimate of drug-likeness (QED) is 0.289. The second-order valence-corrected chi connectivity index (χ2v) is 9.43. The highest BCUT2D eigenvalue weighted by Crippen LogP contribution is 2.38. The molecule has 3 N–H and O–H groups in total. The van der Waals surface area contributed by atoms with Gasteiger partial charge in [-0.2, -0.15) is 5.26 Å². The smallest absolute Gasteiger partial charge is 0.407 e. The molecular weight excluding hydrogens is 510 g/mol. The van der Waals surface area contributed by atoms with E-state index in [-0.39, 0.29) is 18.4 Å². The van der Waals surface area contributed by atoms with E-state index in [9.17, 15) is 14.7 Å². The molecule has 0 aliphatic carbocycles. The van der Waals surface area contributed by atoms with Crippen molar-refractivity contribution in [3.05, 3.63) is 66.5 Å². The van der Waals surface area contributed by atoms with Crippen LogP contribution in [0, 0.1) is 18.3 Å². The van der Waals surface area contributed by atoms with Gasteiger partial charge in [-0.05, 0) is 49.6 Å². The van der Waals surface area contributed by atoms with E-state index in [2.05, 4.69) is 25.6 Å². The second-order valence-electron chi connectivity index (χ2n) is 9.43. The van der Waals surface area contributed by atoms with Crippen LogP contribution in [0.15, 0.2) is 60.9 Å². The van der Waals surface area contributed by atoms with E-state index in [4.69, 9.17) is 10.00 Å². The zero-order valence-corrected chi connectivity index (χ0v) is 21.8. The Morgan fingerprint density at radius 3 is 2.83 bits per heavy atom. The number of hydrogen-bond acceptors (Lipinski definition) is 8. The third-order valence-corrected chi connectivity index (χ3v) is 6.65. The number of aryl methyl sites for hydroxylation is 1. The molecule has 0 radical (unpaired) electrons. The topological polar surface area (TPSA) is 153 Å². The first-order valence-electron chi connectivity index (χ1n) is 12.8. The van der Waals surface area contributed by atoms with Gasteiger partial charge in [-0.15, -0.1) is 0 Å². The van der Waals surface area contributed by atoms with Gasteiger partial charge in [0, 0.05) is 48.0 Å².